The molecule has 1 rings (SSSR count). The van der Waals surface area contributed by atoms with Crippen molar-refractivity contribution in [2.45, 2.75) is 18.9 Å². The molecule has 0 aromatic carbocycles. The number of carbonyl (C=O) groups is 1. The lowest BCUT2D eigenvalue weighted by molar-refractivity contribution is -0.131. The monoisotopic (exact) mass is 184 g/mol. The van der Waals surface area contributed by atoms with Gasteiger partial charge in [-0.15, -0.1) is 0 Å². The van der Waals surface area contributed by atoms with Crippen LogP contribution in [0.2, 0.25) is 0 Å². The van der Waals surface area contributed by atoms with Crippen molar-refractivity contribution in [1.82, 2.24) is 15.5 Å². The molecule has 0 saturated carbocycles. The highest BCUT2D eigenvalue weighted by atomic mass is 16.2. The van der Waals surface area contributed by atoms with E-state index in [4.69, 9.17) is 5.41 Å². The van der Waals surface area contributed by atoms with Crippen LogP contribution in [-0.2, 0) is 4.79 Å². The number of guanidine groups is 1. The van der Waals surface area contributed by atoms with E-state index in [0.717, 1.165) is 12.8 Å². The zero-order valence-electron chi connectivity index (χ0n) is 8.05. The van der Waals surface area contributed by atoms with Gasteiger partial charge in [0.1, 0.15) is 0 Å². The van der Waals surface area contributed by atoms with E-state index < -0.39 is 0 Å². The van der Waals surface area contributed by atoms with E-state index >= 15 is 0 Å². The number of likely N-dealkylation sites (tertiary alicyclic amines) is 1. The minimum atomic E-state index is -0.123. The van der Waals surface area contributed by atoms with E-state index in [2.05, 4.69) is 10.6 Å². The normalized spacial score (nSPS) is 23.1. The highest BCUT2D eigenvalue weighted by molar-refractivity contribution is 5.98. The van der Waals surface area contributed by atoms with Gasteiger partial charge in [-0.05, 0) is 19.9 Å². The lowest BCUT2D eigenvalue weighted by atomic mass is 10.1. The third-order valence-corrected chi connectivity index (χ3v) is 2.29. The molecule has 0 unspecified atom stereocenters. The molecule has 5 nitrogen and oxygen atoms in total. The van der Waals surface area contributed by atoms with Gasteiger partial charge >= 0.3 is 0 Å². The molecular formula is C8H16N4O. The molecule has 0 radical (unpaired) electrons. The number of nitrogens with zero attached hydrogens (tertiary/aromatic N) is 1. The van der Waals surface area contributed by atoms with Crippen LogP contribution < -0.4 is 10.6 Å². The lowest BCUT2D eigenvalue weighted by Gasteiger charge is -2.31. The molecule has 0 aliphatic carbocycles. The summed E-state index contributed by atoms with van der Waals surface area (Å²) in [5, 5.41) is 13.1. The Morgan fingerprint density at radius 1 is 1.62 bits per heavy atom. The Bertz CT molecular complexity index is 216. The predicted octanol–water partition coefficient (Wildman–Crippen LogP) is -0.649. The Hall–Kier alpha value is -1.10. The number of hydrogen-bond donors (Lipinski definition) is 3. The Labute approximate surface area is 78.0 Å². The summed E-state index contributed by atoms with van der Waals surface area (Å²) in [4.78, 5) is 13.1. The van der Waals surface area contributed by atoms with Crippen molar-refractivity contribution in [3.05, 3.63) is 0 Å². The van der Waals surface area contributed by atoms with Crippen molar-refractivity contribution in [3.63, 3.8) is 0 Å². The smallest absolute Gasteiger partial charge is 0.246 e. The van der Waals surface area contributed by atoms with Gasteiger partial charge in [-0.1, -0.05) is 0 Å². The molecule has 1 amide bonds. The summed E-state index contributed by atoms with van der Waals surface area (Å²) in [5.41, 5.74) is 0. The van der Waals surface area contributed by atoms with Crippen LogP contribution in [0.1, 0.15) is 12.8 Å². The van der Waals surface area contributed by atoms with Crippen LogP contribution in [0.15, 0.2) is 0 Å². The van der Waals surface area contributed by atoms with E-state index in [1.165, 1.54) is 4.90 Å². The van der Waals surface area contributed by atoms with Crippen LogP contribution in [0.5, 0.6) is 0 Å². The Kier molecular flexibility index (Phi) is 3.25. The van der Waals surface area contributed by atoms with Crippen molar-refractivity contribution >= 4 is 11.9 Å². The van der Waals surface area contributed by atoms with Crippen LogP contribution in [0.25, 0.3) is 0 Å². The third-order valence-electron chi connectivity index (χ3n) is 2.29. The number of rotatable bonds is 1. The van der Waals surface area contributed by atoms with Gasteiger partial charge in [-0.3, -0.25) is 15.1 Å². The molecule has 74 valence electrons. The van der Waals surface area contributed by atoms with Gasteiger partial charge in [0.05, 0.1) is 6.04 Å². The van der Waals surface area contributed by atoms with Crippen molar-refractivity contribution < 1.29 is 4.79 Å². The number of likely N-dealkylation sites (N-methyl/N-ethyl adjacent to an activating group) is 1. The van der Waals surface area contributed by atoms with Gasteiger partial charge in [0.15, 0.2) is 5.96 Å². The van der Waals surface area contributed by atoms with E-state index in [1.54, 1.807) is 14.1 Å². The zero-order valence-corrected chi connectivity index (χ0v) is 8.05. The summed E-state index contributed by atoms with van der Waals surface area (Å²) in [6, 6.07) is -0.123. The minimum absolute atomic E-state index is 0.00639. The van der Waals surface area contributed by atoms with Gasteiger partial charge < -0.3 is 10.6 Å². The van der Waals surface area contributed by atoms with Crippen molar-refractivity contribution in [2.24, 2.45) is 0 Å². The second-order valence-corrected chi connectivity index (χ2v) is 3.07. The lowest BCUT2D eigenvalue weighted by Crippen LogP contribution is -2.54. The average Bonchev–Trinajstić information content (AvgIpc) is 2.17. The summed E-state index contributed by atoms with van der Waals surface area (Å²) in [6.45, 7) is 0.649. The van der Waals surface area contributed by atoms with Gasteiger partial charge in [-0.2, -0.15) is 0 Å². The van der Waals surface area contributed by atoms with E-state index in [0.29, 0.717) is 6.54 Å². The highest BCUT2D eigenvalue weighted by Gasteiger charge is 2.29. The fraction of sp³-hybridized carbons (Fsp3) is 0.750. The molecule has 0 aromatic rings. The van der Waals surface area contributed by atoms with Crippen LogP contribution >= 0.6 is 0 Å². The first-order chi connectivity index (χ1) is 6.20. The van der Waals surface area contributed by atoms with Crippen LogP contribution in [0, 0.1) is 5.41 Å². The van der Waals surface area contributed by atoms with Crippen molar-refractivity contribution in [3.8, 4) is 0 Å². The van der Waals surface area contributed by atoms with E-state index in [9.17, 15) is 4.79 Å². The Morgan fingerprint density at radius 3 is 2.85 bits per heavy atom. The number of piperidine rings is 1. The number of amides is 1. The summed E-state index contributed by atoms with van der Waals surface area (Å²) in [6.07, 6.45) is 1.81. The van der Waals surface area contributed by atoms with E-state index in [-0.39, 0.29) is 17.9 Å². The highest BCUT2D eigenvalue weighted by Crippen LogP contribution is 2.10. The first kappa shape index (κ1) is 9.98. The first-order valence-corrected chi connectivity index (χ1v) is 4.45. The average molecular weight is 184 g/mol. The Morgan fingerprint density at radius 2 is 2.31 bits per heavy atom. The molecule has 5 heteroatoms. The van der Waals surface area contributed by atoms with Crippen LogP contribution in [0.4, 0.5) is 0 Å². The topological polar surface area (TPSA) is 68.2 Å². The molecule has 1 heterocycles. The van der Waals surface area contributed by atoms with E-state index in [1.807, 2.05) is 0 Å². The minimum Gasteiger partial charge on any atom is -0.359 e. The second kappa shape index (κ2) is 4.23. The maximum atomic E-state index is 11.6. The maximum absolute atomic E-state index is 11.6. The fourth-order valence-corrected chi connectivity index (χ4v) is 1.50. The van der Waals surface area contributed by atoms with Gasteiger partial charge in [0, 0.05) is 13.6 Å². The van der Waals surface area contributed by atoms with Crippen LogP contribution in [-0.4, -0.2) is 43.4 Å². The molecule has 1 atom stereocenters. The quantitative estimate of drug-likeness (QED) is 0.375. The van der Waals surface area contributed by atoms with Gasteiger partial charge in [0.25, 0.3) is 0 Å². The molecule has 1 aliphatic heterocycles. The molecule has 13 heavy (non-hydrogen) atoms. The Balaban J connectivity index is 2.65. The molecule has 1 fully saturated rings. The molecule has 0 bridgehead atoms. The van der Waals surface area contributed by atoms with Crippen LogP contribution in [0.3, 0.4) is 0 Å². The van der Waals surface area contributed by atoms with Gasteiger partial charge in [-0.25, -0.2) is 0 Å². The fourth-order valence-electron chi connectivity index (χ4n) is 1.50. The standard InChI is InChI=1S/C8H16N4O/c1-10-6-4-3-5-12(7(6)13)8(9)11-2/h6,10H,3-5H2,1-2H3,(H2,9,11)/t6-/m0/s1. The number of hydrogen-bond acceptors (Lipinski definition) is 3. The van der Waals surface area contributed by atoms with Crippen molar-refractivity contribution in [1.29, 1.82) is 5.41 Å². The largest absolute Gasteiger partial charge is 0.359 e. The molecule has 0 aromatic heterocycles. The predicted molar refractivity (Wildman–Crippen MR) is 50.6 cm³/mol. The zero-order chi connectivity index (χ0) is 9.84. The second-order valence-electron chi connectivity index (χ2n) is 3.07. The summed E-state index contributed by atoms with van der Waals surface area (Å²) < 4.78 is 0. The third kappa shape index (κ3) is 1.98. The molecule has 1 aliphatic rings. The number of carbonyl (C=O) groups excluding carboxylic acids is 1. The maximum Gasteiger partial charge on any atom is 0.246 e. The molecular weight excluding hydrogens is 168 g/mol. The molecule has 1 saturated heterocycles. The SMILES string of the molecule is CNC(=N)N1CCC[C@H](NC)C1=O. The summed E-state index contributed by atoms with van der Waals surface area (Å²) in [7, 11) is 3.42. The molecule has 0 spiro atoms. The van der Waals surface area contributed by atoms with Gasteiger partial charge in [0.2, 0.25) is 5.91 Å². The number of nitrogens with one attached hydrogen (secondary N) is 3. The summed E-state index contributed by atoms with van der Waals surface area (Å²) >= 11 is 0. The van der Waals surface area contributed by atoms with Crippen molar-refractivity contribution in [2.75, 3.05) is 20.6 Å². The molecule has 3 N–H and O–H groups in total. The summed E-state index contributed by atoms with van der Waals surface area (Å²) in [5.74, 6) is 0.179. The first-order valence-electron chi connectivity index (χ1n) is 4.45.